The molecule has 0 bridgehead atoms. The molecule has 2 rings (SSSR count). The van der Waals surface area contributed by atoms with E-state index in [2.05, 4.69) is 5.32 Å². The van der Waals surface area contributed by atoms with Gasteiger partial charge in [-0.1, -0.05) is 66.7 Å². The molecular weight excluding hydrogens is 290 g/mol. The van der Waals surface area contributed by atoms with Gasteiger partial charge in [0, 0.05) is 5.56 Å². The van der Waals surface area contributed by atoms with Gasteiger partial charge in [0.25, 0.3) is 0 Å². The van der Waals surface area contributed by atoms with E-state index in [0.29, 0.717) is 0 Å². The van der Waals surface area contributed by atoms with Crippen molar-refractivity contribution in [2.75, 3.05) is 0 Å². The monoisotopic (exact) mass is 311 g/mol. The summed E-state index contributed by atoms with van der Waals surface area (Å²) in [6.45, 7) is 3.84. The molecule has 0 saturated carbocycles. The highest BCUT2D eigenvalue weighted by molar-refractivity contribution is 5.68. The molecule has 0 radical (unpaired) electrons. The lowest BCUT2D eigenvalue weighted by Gasteiger charge is -2.30. The van der Waals surface area contributed by atoms with Crippen LogP contribution < -0.4 is 5.32 Å². The molecule has 1 atom stereocenters. The van der Waals surface area contributed by atoms with Crippen molar-refractivity contribution in [3.63, 3.8) is 0 Å². The van der Waals surface area contributed by atoms with Crippen LogP contribution in [0.5, 0.6) is 0 Å². The molecule has 0 aliphatic heterocycles. The SMILES string of the molecule is C/C=C/OC(C)(NC(=O)OCc1ccccc1)c1ccccc1. The smallest absolute Gasteiger partial charge is 0.410 e. The van der Waals surface area contributed by atoms with Gasteiger partial charge >= 0.3 is 6.09 Å². The first-order valence-corrected chi connectivity index (χ1v) is 7.47. The normalized spacial score (nSPS) is 13.3. The fraction of sp³-hybridized carbons (Fsp3) is 0.211. The van der Waals surface area contributed by atoms with Crippen LogP contribution in [-0.2, 0) is 21.8 Å². The van der Waals surface area contributed by atoms with Gasteiger partial charge in [-0.2, -0.15) is 0 Å². The highest BCUT2D eigenvalue weighted by Gasteiger charge is 2.30. The van der Waals surface area contributed by atoms with E-state index < -0.39 is 11.8 Å². The summed E-state index contributed by atoms with van der Waals surface area (Å²) in [4.78, 5) is 12.1. The molecule has 120 valence electrons. The summed E-state index contributed by atoms with van der Waals surface area (Å²) >= 11 is 0. The molecule has 4 heteroatoms. The molecular formula is C19H21NO3. The number of amides is 1. The standard InChI is InChI=1S/C19H21NO3/c1-3-14-23-19(2,17-12-8-5-9-13-17)20-18(21)22-15-16-10-6-4-7-11-16/h3-14H,15H2,1-2H3,(H,20,21)/b14-3+. The molecule has 2 aromatic carbocycles. The van der Waals surface area contributed by atoms with Gasteiger partial charge in [0.1, 0.15) is 6.61 Å². The van der Waals surface area contributed by atoms with Crippen molar-refractivity contribution in [1.82, 2.24) is 5.32 Å². The van der Waals surface area contributed by atoms with Crippen molar-refractivity contribution >= 4 is 6.09 Å². The number of nitrogens with one attached hydrogen (secondary N) is 1. The number of carbonyl (C=O) groups is 1. The maximum atomic E-state index is 12.1. The molecule has 0 aliphatic carbocycles. The van der Waals surface area contributed by atoms with Gasteiger partial charge in [-0.3, -0.25) is 5.32 Å². The Morgan fingerprint density at radius 2 is 1.70 bits per heavy atom. The van der Waals surface area contributed by atoms with Crippen LogP contribution in [0.3, 0.4) is 0 Å². The van der Waals surface area contributed by atoms with Crippen LogP contribution in [0.25, 0.3) is 0 Å². The Morgan fingerprint density at radius 1 is 1.09 bits per heavy atom. The molecule has 1 amide bonds. The van der Waals surface area contributed by atoms with Crippen molar-refractivity contribution in [3.8, 4) is 0 Å². The first-order chi connectivity index (χ1) is 11.1. The third-order valence-corrected chi connectivity index (χ3v) is 3.32. The Kier molecular flexibility index (Phi) is 5.80. The van der Waals surface area contributed by atoms with Gasteiger partial charge in [-0.15, -0.1) is 0 Å². The largest absolute Gasteiger partial charge is 0.472 e. The Balaban J connectivity index is 2.04. The first-order valence-electron chi connectivity index (χ1n) is 7.47. The van der Waals surface area contributed by atoms with Crippen LogP contribution in [0.2, 0.25) is 0 Å². The molecule has 0 aromatic heterocycles. The van der Waals surface area contributed by atoms with Crippen molar-refractivity contribution in [3.05, 3.63) is 84.1 Å². The number of rotatable bonds is 6. The number of carbonyl (C=O) groups excluding carboxylic acids is 1. The van der Waals surface area contributed by atoms with Crippen molar-refractivity contribution in [2.24, 2.45) is 0 Å². The van der Waals surface area contributed by atoms with Gasteiger partial charge in [-0.25, -0.2) is 4.79 Å². The number of allylic oxidation sites excluding steroid dienone is 1. The lowest BCUT2D eigenvalue weighted by atomic mass is 10.1. The first kappa shape index (κ1) is 16.6. The van der Waals surface area contributed by atoms with Crippen molar-refractivity contribution in [1.29, 1.82) is 0 Å². The van der Waals surface area contributed by atoms with E-state index in [-0.39, 0.29) is 6.61 Å². The summed E-state index contributed by atoms with van der Waals surface area (Å²) in [5.41, 5.74) is 0.759. The lowest BCUT2D eigenvalue weighted by molar-refractivity contribution is -0.000291. The topological polar surface area (TPSA) is 47.6 Å². The molecule has 0 spiro atoms. The number of hydrogen-bond acceptors (Lipinski definition) is 3. The predicted molar refractivity (Wildman–Crippen MR) is 89.5 cm³/mol. The molecule has 4 nitrogen and oxygen atoms in total. The van der Waals surface area contributed by atoms with E-state index in [1.165, 1.54) is 0 Å². The third-order valence-electron chi connectivity index (χ3n) is 3.32. The minimum atomic E-state index is -0.998. The van der Waals surface area contributed by atoms with Gasteiger partial charge in [0.15, 0.2) is 0 Å². The van der Waals surface area contributed by atoms with Gasteiger partial charge in [-0.05, 0) is 19.4 Å². The van der Waals surface area contributed by atoms with Gasteiger partial charge in [0.2, 0.25) is 5.72 Å². The Hall–Kier alpha value is -2.75. The average Bonchev–Trinajstić information content (AvgIpc) is 2.60. The summed E-state index contributed by atoms with van der Waals surface area (Å²) < 4.78 is 11.0. The highest BCUT2D eigenvalue weighted by atomic mass is 16.6. The molecule has 23 heavy (non-hydrogen) atoms. The van der Waals surface area contributed by atoms with Crippen LogP contribution in [0.15, 0.2) is 73.0 Å². The van der Waals surface area contributed by atoms with Gasteiger partial charge in [0.05, 0.1) is 6.26 Å². The summed E-state index contributed by atoms with van der Waals surface area (Å²) in [7, 11) is 0. The second kappa shape index (κ2) is 8.03. The number of alkyl carbamates (subject to hydrolysis) is 1. The number of ether oxygens (including phenoxy) is 2. The fourth-order valence-electron chi connectivity index (χ4n) is 2.08. The molecule has 0 aliphatic rings. The lowest BCUT2D eigenvalue weighted by Crippen LogP contribution is -2.44. The van der Waals surface area contributed by atoms with Crippen molar-refractivity contribution < 1.29 is 14.3 Å². The molecule has 0 saturated heterocycles. The van der Waals surface area contributed by atoms with Gasteiger partial charge < -0.3 is 9.47 Å². The summed E-state index contributed by atoms with van der Waals surface area (Å²) in [5, 5.41) is 2.78. The quantitative estimate of drug-likeness (QED) is 0.638. The maximum Gasteiger partial charge on any atom is 0.410 e. The summed E-state index contributed by atoms with van der Waals surface area (Å²) in [6.07, 6.45) is 2.77. The third kappa shape index (κ3) is 4.88. The Bertz CT molecular complexity index is 640. The fourth-order valence-corrected chi connectivity index (χ4v) is 2.08. The zero-order valence-electron chi connectivity index (χ0n) is 13.4. The van der Waals surface area contributed by atoms with E-state index in [1.807, 2.05) is 67.6 Å². The molecule has 2 aromatic rings. The molecule has 1 N–H and O–H groups in total. The number of benzene rings is 2. The highest BCUT2D eigenvalue weighted by Crippen LogP contribution is 2.22. The van der Waals surface area contributed by atoms with Crippen LogP contribution >= 0.6 is 0 Å². The van der Waals surface area contributed by atoms with Crippen molar-refractivity contribution in [2.45, 2.75) is 26.2 Å². The maximum absolute atomic E-state index is 12.1. The molecule has 0 fully saturated rings. The molecule has 0 heterocycles. The zero-order chi connectivity index (χ0) is 16.5. The summed E-state index contributed by atoms with van der Waals surface area (Å²) in [6, 6.07) is 19.0. The Labute approximate surface area is 136 Å². The van der Waals surface area contributed by atoms with E-state index in [4.69, 9.17) is 9.47 Å². The van der Waals surface area contributed by atoms with Crippen LogP contribution in [0.1, 0.15) is 25.0 Å². The Morgan fingerprint density at radius 3 is 2.30 bits per heavy atom. The zero-order valence-corrected chi connectivity index (χ0v) is 13.4. The molecule has 1 unspecified atom stereocenters. The average molecular weight is 311 g/mol. The number of hydrogen-bond donors (Lipinski definition) is 1. The van der Waals surface area contributed by atoms with Crippen LogP contribution in [0, 0.1) is 0 Å². The second-order valence-corrected chi connectivity index (χ2v) is 5.17. The predicted octanol–water partition coefficient (Wildman–Crippen LogP) is 4.34. The van der Waals surface area contributed by atoms with E-state index in [9.17, 15) is 4.79 Å². The van der Waals surface area contributed by atoms with E-state index in [0.717, 1.165) is 11.1 Å². The van der Waals surface area contributed by atoms with E-state index >= 15 is 0 Å². The minimum Gasteiger partial charge on any atom is -0.472 e. The second-order valence-electron chi connectivity index (χ2n) is 5.17. The minimum absolute atomic E-state index is 0.209. The van der Waals surface area contributed by atoms with E-state index in [1.54, 1.807) is 19.3 Å². The van der Waals surface area contributed by atoms with Crippen LogP contribution in [-0.4, -0.2) is 6.09 Å². The van der Waals surface area contributed by atoms with Crippen LogP contribution in [0.4, 0.5) is 4.79 Å². The summed E-state index contributed by atoms with van der Waals surface area (Å²) in [5.74, 6) is 0.